The molecule has 3 amide bonds. The number of rotatable bonds is 8. The number of amides is 3. The number of hydrogen-bond donors (Lipinski definition) is 4. The third-order valence-electron chi connectivity index (χ3n) is 4.37. The van der Waals surface area contributed by atoms with Crippen molar-refractivity contribution in [2.75, 3.05) is 26.8 Å². The van der Waals surface area contributed by atoms with Crippen molar-refractivity contribution in [2.24, 2.45) is 0 Å². The lowest BCUT2D eigenvalue weighted by Crippen LogP contribution is -2.47. The Hall–Kier alpha value is -2.28. The van der Waals surface area contributed by atoms with Gasteiger partial charge in [-0.3, -0.25) is 19.8 Å². The topological polar surface area (TPSA) is 143 Å². The normalized spacial score (nSPS) is 14.8. The van der Waals surface area contributed by atoms with E-state index in [2.05, 4.69) is 10.6 Å². The van der Waals surface area contributed by atoms with E-state index in [4.69, 9.17) is 16.3 Å². The molecule has 166 valence electrons. The van der Waals surface area contributed by atoms with Crippen molar-refractivity contribution in [3.63, 3.8) is 0 Å². The van der Waals surface area contributed by atoms with Crippen molar-refractivity contribution in [2.45, 2.75) is 24.5 Å². The first-order chi connectivity index (χ1) is 14.2. The molecule has 1 aromatic rings. The zero-order valence-electron chi connectivity index (χ0n) is 16.1. The second-order valence-corrected chi connectivity index (χ2v) is 8.78. The van der Waals surface area contributed by atoms with Gasteiger partial charge < -0.3 is 15.4 Å². The summed E-state index contributed by atoms with van der Waals surface area (Å²) in [6, 6.07) is 1.96. The minimum Gasteiger partial charge on any atom is -0.381 e. The summed E-state index contributed by atoms with van der Waals surface area (Å²) in [7, 11) is -2.44. The van der Waals surface area contributed by atoms with Gasteiger partial charge in [-0.25, -0.2) is 12.8 Å². The van der Waals surface area contributed by atoms with Crippen LogP contribution in [0.1, 0.15) is 40.0 Å². The molecule has 1 fully saturated rings. The zero-order chi connectivity index (χ0) is 22.3. The monoisotopic (exact) mass is 464 g/mol. The van der Waals surface area contributed by atoms with Crippen molar-refractivity contribution >= 4 is 39.3 Å². The Morgan fingerprint density at radius 2 is 1.87 bits per heavy atom. The van der Waals surface area contributed by atoms with Crippen LogP contribution in [0.25, 0.3) is 0 Å². The minimum absolute atomic E-state index is 0.0138. The number of benzene rings is 1. The SMILES string of the molecule is CNC(=O)CCNC(=O)c1cc(Cl)c(F)c(C(=O)NNS(=O)(=O)C2CCOCC2)c1. The molecule has 0 radical (unpaired) electrons. The molecule has 2 rings (SSSR count). The first-order valence-electron chi connectivity index (χ1n) is 9.02. The first-order valence-corrected chi connectivity index (χ1v) is 10.9. The fourth-order valence-electron chi connectivity index (χ4n) is 2.66. The van der Waals surface area contributed by atoms with Crippen LogP contribution in [0.2, 0.25) is 5.02 Å². The highest BCUT2D eigenvalue weighted by Crippen LogP contribution is 2.21. The molecular formula is C17H22ClFN4O6S. The number of carbonyl (C=O) groups excluding carboxylic acids is 3. The van der Waals surface area contributed by atoms with Crippen LogP contribution in [0.5, 0.6) is 0 Å². The van der Waals surface area contributed by atoms with E-state index in [-0.39, 0.29) is 50.5 Å². The number of nitrogens with one attached hydrogen (secondary N) is 4. The molecular weight excluding hydrogens is 443 g/mol. The Labute approximate surface area is 177 Å². The van der Waals surface area contributed by atoms with Crippen LogP contribution in [0.3, 0.4) is 0 Å². The summed E-state index contributed by atoms with van der Waals surface area (Å²) >= 11 is 5.77. The van der Waals surface area contributed by atoms with Crippen molar-refractivity contribution in [1.82, 2.24) is 20.9 Å². The van der Waals surface area contributed by atoms with Gasteiger partial charge in [0, 0.05) is 38.8 Å². The van der Waals surface area contributed by atoms with Crippen LogP contribution < -0.4 is 20.9 Å². The molecule has 0 unspecified atom stereocenters. The standard InChI is InChI=1S/C17H22ClFN4O6S/c1-20-14(24)2-5-21-16(25)10-8-12(15(19)13(18)9-10)17(26)22-23-30(27,28)11-3-6-29-7-4-11/h8-9,11,23H,2-7H2,1H3,(H,20,24)(H,21,25)(H,22,26). The van der Waals surface area contributed by atoms with Crippen LogP contribution in [0.4, 0.5) is 4.39 Å². The van der Waals surface area contributed by atoms with Crippen LogP contribution in [-0.4, -0.2) is 58.2 Å². The predicted molar refractivity (Wildman–Crippen MR) is 106 cm³/mol. The van der Waals surface area contributed by atoms with Crippen LogP contribution in [-0.2, 0) is 19.6 Å². The third kappa shape index (κ3) is 6.36. The van der Waals surface area contributed by atoms with Crippen LogP contribution in [0.15, 0.2) is 12.1 Å². The number of carbonyl (C=O) groups is 3. The van der Waals surface area contributed by atoms with Crippen molar-refractivity contribution in [3.8, 4) is 0 Å². The summed E-state index contributed by atoms with van der Waals surface area (Å²) in [6.45, 7) is 0.571. The smallest absolute Gasteiger partial charge is 0.269 e. The summed E-state index contributed by atoms with van der Waals surface area (Å²) in [6.07, 6.45) is 0.548. The highest BCUT2D eigenvalue weighted by Gasteiger charge is 2.28. The van der Waals surface area contributed by atoms with E-state index in [9.17, 15) is 27.2 Å². The number of halogens is 2. The molecule has 0 bridgehead atoms. The maximum atomic E-state index is 14.3. The number of sulfonamides is 1. The molecule has 1 aliphatic rings. The lowest BCUT2D eigenvalue weighted by Gasteiger charge is -2.22. The highest BCUT2D eigenvalue weighted by atomic mass is 35.5. The molecule has 0 spiro atoms. The number of ether oxygens (including phenoxy) is 1. The lowest BCUT2D eigenvalue weighted by atomic mass is 10.1. The molecule has 1 saturated heterocycles. The second-order valence-electron chi connectivity index (χ2n) is 6.41. The Morgan fingerprint density at radius 3 is 2.50 bits per heavy atom. The molecule has 0 aromatic heterocycles. The van der Waals surface area contributed by atoms with Gasteiger partial charge in [-0.05, 0) is 25.0 Å². The Morgan fingerprint density at radius 1 is 1.20 bits per heavy atom. The van der Waals surface area contributed by atoms with E-state index in [0.29, 0.717) is 0 Å². The van der Waals surface area contributed by atoms with Crippen LogP contribution in [0, 0.1) is 5.82 Å². The molecule has 10 nitrogen and oxygen atoms in total. The van der Waals surface area contributed by atoms with Gasteiger partial charge in [-0.15, -0.1) is 4.83 Å². The summed E-state index contributed by atoms with van der Waals surface area (Å²) in [5, 5.41) is 3.59. The predicted octanol–water partition coefficient (Wildman–Crippen LogP) is 0.0882. The van der Waals surface area contributed by atoms with Gasteiger partial charge in [0.2, 0.25) is 15.9 Å². The van der Waals surface area contributed by atoms with Crippen molar-refractivity contribution in [3.05, 3.63) is 34.1 Å². The van der Waals surface area contributed by atoms with Crippen molar-refractivity contribution in [1.29, 1.82) is 0 Å². The van der Waals surface area contributed by atoms with Crippen molar-refractivity contribution < 1.29 is 31.9 Å². The quantitative estimate of drug-likeness (QED) is 0.401. The summed E-state index contributed by atoms with van der Waals surface area (Å²) in [5.41, 5.74) is 1.19. The average Bonchev–Trinajstić information content (AvgIpc) is 2.74. The third-order valence-corrected chi connectivity index (χ3v) is 6.38. The van der Waals surface area contributed by atoms with Gasteiger partial charge in [0.1, 0.15) is 0 Å². The Bertz CT molecular complexity index is 921. The van der Waals surface area contributed by atoms with Gasteiger partial charge >= 0.3 is 0 Å². The molecule has 1 aliphatic heterocycles. The Kier molecular flexibility index (Phi) is 8.53. The van der Waals surface area contributed by atoms with Gasteiger partial charge in [-0.2, -0.15) is 0 Å². The van der Waals surface area contributed by atoms with Gasteiger partial charge in [-0.1, -0.05) is 11.6 Å². The summed E-state index contributed by atoms with van der Waals surface area (Å²) < 4.78 is 43.9. The summed E-state index contributed by atoms with van der Waals surface area (Å²) in [4.78, 5) is 37.6. The average molecular weight is 465 g/mol. The molecule has 13 heteroatoms. The molecule has 1 aromatic carbocycles. The number of hydrogen-bond acceptors (Lipinski definition) is 6. The second kappa shape index (κ2) is 10.7. The van der Waals surface area contributed by atoms with Gasteiger partial charge in [0.25, 0.3) is 11.8 Å². The molecule has 0 aliphatic carbocycles. The fourth-order valence-corrected chi connectivity index (χ4v) is 4.09. The van der Waals surface area contributed by atoms with E-state index in [1.807, 2.05) is 10.3 Å². The van der Waals surface area contributed by atoms with E-state index in [1.165, 1.54) is 7.05 Å². The van der Waals surface area contributed by atoms with E-state index in [0.717, 1.165) is 12.1 Å². The molecule has 1 heterocycles. The van der Waals surface area contributed by atoms with Gasteiger partial charge in [0.15, 0.2) is 5.82 Å². The largest absolute Gasteiger partial charge is 0.381 e. The zero-order valence-corrected chi connectivity index (χ0v) is 17.7. The highest BCUT2D eigenvalue weighted by molar-refractivity contribution is 7.90. The maximum Gasteiger partial charge on any atom is 0.269 e. The first kappa shape index (κ1) is 24.0. The summed E-state index contributed by atoms with van der Waals surface area (Å²) in [5.74, 6) is -3.20. The maximum absolute atomic E-state index is 14.3. The van der Waals surface area contributed by atoms with E-state index < -0.39 is 43.5 Å². The fraction of sp³-hybridized carbons (Fsp3) is 0.471. The lowest BCUT2D eigenvalue weighted by molar-refractivity contribution is -0.120. The van der Waals surface area contributed by atoms with Crippen LogP contribution >= 0.6 is 11.6 Å². The molecule has 30 heavy (non-hydrogen) atoms. The Balaban J connectivity index is 2.07. The molecule has 0 atom stereocenters. The van der Waals surface area contributed by atoms with Gasteiger partial charge in [0.05, 0.1) is 15.8 Å². The minimum atomic E-state index is -3.89. The number of hydrazine groups is 1. The van der Waals surface area contributed by atoms with E-state index >= 15 is 0 Å². The van der Waals surface area contributed by atoms with E-state index in [1.54, 1.807) is 0 Å². The molecule has 0 saturated carbocycles. The molecule has 4 N–H and O–H groups in total.